The maximum Gasteiger partial charge on any atom is 0.165 e. The molecule has 0 aliphatic heterocycles. The lowest BCUT2D eigenvalue weighted by Gasteiger charge is -2.05. The lowest BCUT2D eigenvalue weighted by Crippen LogP contribution is -2.06. The van der Waals surface area contributed by atoms with Crippen molar-refractivity contribution in [2.45, 2.75) is 13.8 Å². The van der Waals surface area contributed by atoms with Gasteiger partial charge in [0.1, 0.15) is 0 Å². The van der Waals surface area contributed by atoms with Crippen LogP contribution >= 0.6 is 0 Å². The van der Waals surface area contributed by atoms with Crippen LogP contribution in [0.1, 0.15) is 24.2 Å². The van der Waals surface area contributed by atoms with Crippen LogP contribution in [0.5, 0.6) is 0 Å². The second-order valence-electron chi connectivity index (χ2n) is 4.33. The number of Topliss-reactive ketones (excluding diaryl/α,β-unsaturated/α-hetero) is 1. The molecular weight excluding hydrogens is 210 g/mol. The average molecular weight is 225 g/mol. The van der Waals surface area contributed by atoms with Crippen LogP contribution in [0, 0.1) is 5.92 Å². The maximum absolute atomic E-state index is 11.8. The van der Waals surface area contributed by atoms with E-state index in [2.05, 4.69) is 4.98 Å². The monoisotopic (exact) mass is 225 g/mol. The quantitative estimate of drug-likeness (QED) is 0.747. The molecule has 1 heterocycles. The number of ketones is 1. The summed E-state index contributed by atoms with van der Waals surface area (Å²) in [7, 11) is 0. The molecule has 0 fully saturated rings. The van der Waals surface area contributed by atoms with Gasteiger partial charge in [-0.15, -0.1) is 0 Å². The first-order valence-electron chi connectivity index (χ1n) is 5.73. The van der Waals surface area contributed by atoms with Gasteiger partial charge in [-0.1, -0.05) is 38.1 Å². The van der Waals surface area contributed by atoms with Gasteiger partial charge in [0.05, 0.1) is 0 Å². The summed E-state index contributed by atoms with van der Waals surface area (Å²) in [6, 6.07) is 11.6. The maximum atomic E-state index is 11.8. The van der Waals surface area contributed by atoms with Crippen LogP contribution in [0.15, 0.2) is 48.8 Å². The summed E-state index contributed by atoms with van der Waals surface area (Å²) in [4.78, 5) is 15.8. The fraction of sp³-hybridized carbons (Fsp3) is 0.200. The predicted molar refractivity (Wildman–Crippen MR) is 68.8 cm³/mol. The van der Waals surface area contributed by atoms with Crippen LogP contribution in [-0.4, -0.2) is 10.8 Å². The predicted octanol–water partition coefficient (Wildman–Crippen LogP) is 3.59. The Kier molecular flexibility index (Phi) is 3.33. The van der Waals surface area contributed by atoms with Crippen molar-refractivity contribution >= 4 is 5.78 Å². The molecule has 1 aromatic carbocycles. The van der Waals surface area contributed by atoms with E-state index in [1.807, 2.05) is 50.2 Å². The highest BCUT2D eigenvalue weighted by molar-refractivity contribution is 5.97. The molecule has 17 heavy (non-hydrogen) atoms. The van der Waals surface area contributed by atoms with Gasteiger partial charge in [-0.3, -0.25) is 9.78 Å². The lowest BCUT2D eigenvalue weighted by atomic mass is 9.98. The third-order valence-corrected chi connectivity index (χ3v) is 2.71. The van der Waals surface area contributed by atoms with Crippen molar-refractivity contribution < 1.29 is 4.79 Å². The Morgan fingerprint density at radius 3 is 2.00 bits per heavy atom. The number of nitrogens with zero attached hydrogens (tertiary/aromatic N) is 1. The molecule has 2 rings (SSSR count). The molecule has 0 saturated carbocycles. The third-order valence-electron chi connectivity index (χ3n) is 2.71. The molecule has 0 aliphatic carbocycles. The molecule has 2 aromatic rings. The zero-order valence-corrected chi connectivity index (χ0v) is 10.1. The van der Waals surface area contributed by atoms with E-state index < -0.39 is 0 Å². The van der Waals surface area contributed by atoms with E-state index in [0.717, 1.165) is 16.7 Å². The Morgan fingerprint density at radius 2 is 1.47 bits per heavy atom. The third kappa shape index (κ3) is 2.59. The van der Waals surface area contributed by atoms with E-state index in [1.54, 1.807) is 12.4 Å². The number of carbonyl (C=O) groups is 1. The van der Waals surface area contributed by atoms with Gasteiger partial charge in [0.15, 0.2) is 5.78 Å². The summed E-state index contributed by atoms with van der Waals surface area (Å²) < 4.78 is 0. The minimum Gasteiger partial charge on any atom is -0.294 e. The fourth-order valence-corrected chi connectivity index (χ4v) is 1.70. The van der Waals surface area contributed by atoms with E-state index in [1.165, 1.54) is 0 Å². The smallest absolute Gasteiger partial charge is 0.165 e. The molecule has 0 atom stereocenters. The normalized spacial score (nSPS) is 10.5. The van der Waals surface area contributed by atoms with E-state index in [-0.39, 0.29) is 11.7 Å². The molecule has 2 nitrogen and oxygen atoms in total. The summed E-state index contributed by atoms with van der Waals surface area (Å²) in [5.41, 5.74) is 2.99. The van der Waals surface area contributed by atoms with Crippen molar-refractivity contribution in [3.05, 3.63) is 54.4 Å². The topological polar surface area (TPSA) is 30.0 Å². The van der Waals surface area contributed by atoms with Gasteiger partial charge in [-0.05, 0) is 23.3 Å². The fourth-order valence-electron chi connectivity index (χ4n) is 1.70. The number of hydrogen-bond acceptors (Lipinski definition) is 2. The minimum atomic E-state index is 0.0433. The van der Waals surface area contributed by atoms with Crippen LogP contribution in [0.25, 0.3) is 11.1 Å². The van der Waals surface area contributed by atoms with Gasteiger partial charge in [0.2, 0.25) is 0 Å². The second-order valence-corrected chi connectivity index (χ2v) is 4.33. The Morgan fingerprint density at radius 1 is 0.941 bits per heavy atom. The summed E-state index contributed by atoms with van der Waals surface area (Å²) >= 11 is 0. The summed E-state index contributed by atoms with van der Waals surface area (Å²) in [6.45, 7) is 3.83. The van der Waals surface area contributed by atoms with Crippen molar-refractivity contribution in [1.29, 1.82) is 0 Å². The Balaban J connectivity index is 2.28. The second kappa shape index (κ2) is 4.91. The van der Waals surface area contributed by atoms with Crippen molar-refractivity contribution in [1.82, 2.24) is 4.98 Å². The number of pyridine rings is 1. The largest absolute Gasteiger partial charge is 0.294 e. The summed E-state index contributed by atoms with van der Waals surface area (Å²) in [5.74, 6) is 0.230. The lowest BCUT2D eigenvalue weighted by molar-refractivity contribution is 0.0939. The minimum absolute atomic E-state index is 0.0433. The molecule has 0 saturated heterocycles. The van der Waals surface area contributed by atoms with Gasteiger partial charge in [0, 0.05) is 23.9 Å². The number of benzene rings is 1. The number of rotatable bonds is 3. The standard InChI is InChI=1S/C15H15NO/c1-11(2)15(17)14-5-3-12(4-6-14)13-7-9-16-10-8-13/h3-11H,1-2H3. The zero-order chi connectivity index (χ0) is 12.3. The van der Waals surface area contributed by atoms with Gasteiger partial charge in [-0.2, -0.15) is 0 Å². The molecule has 0 N–H and O–H groups in total. The van der Waals surface area contributed by atoms with Crippen molar-refractivity contribution in [2.75, 3.05) is 0 Å². The van der Waals surface area contributed by atoms with Gasteiger partial charge < -0.3 is 0 Å². The van der Waals surface area contributed by atoms with Crippen molar-refractivity contribution in [2.24, 2.45) is 5.92 Å². The van der Waals surface area contributed by atoms with Crippen LogP contribution in [0.4, 0.5) is 0 Å². The highest BCUT2D eigenvalue weighted by atomic mass is 16.1. The molecule has 0 amide bonds. The van der Waals surface area contributed by atoms with Crippen LogP contribution in [-0.2, 0) is 0 Å². The van der Waals surface area contributed by atoms with E-state index in [9.17, 15) is 4.79 Å². The molecule has 0 aliphatic rings. The molecular formula is C15H15NO. The molecule has 2 heteroatoms. The molecule has 0 unspecified atom stereocenters. The van der Waals surface area contributed by atoms with Crippen LogP contribution in [0.2, 0.25) is 0 Å². The molecule has 0 spiro atoms. The first-order chi connectivity index (χ1) is 8.18. The van der Waals surface area contributed by atoms with Gasteiger partial charge in [-0.25, -0.2) is 0 Å². The number of aromatic nitrogens is 1. The van der Waals surface area contributed by atoms with Gasteiger partial charge in [0.25, 0.3) is 0 Å². The number of carbonyl (C=O) groups excluding carboxylic acids is 1. The summed E-state index contributed by atoms with van der Waals surface area (Å²) in [5, 5.41) is 0. The van der Waals surface area contributed by atoms with Gasteiger partial charge >= 0.3 is 0 Å². The first-order valence-corrected chi connectivity index (χ1v) is 5.73. The Hall–Kier alpha value is -1.96. The van der Waals surface area contributed by atoms with E-state index in [0.29, 0.717) is 0 Å². The van der Waals surface area contributed by atoms with Crippen LogP contribution in [0.3, 0.4) is 0 Å². The summed E-state index contributed by atoms with van der Waals surface area (Å²) in [6.07, 6.45) is 3.53. The Labute approximate surface area is 101 Å². The first kappa shape index (κ1) is 11.5. The molecule has 1 aromatic heterocycles. The Bertz CT molecular complexity index is 500. The van der Waals surface area contributed by atoms with Crippen molar-refractivity contribution in [3.8, 4) is 11.1 Å². The van der Waals surface area contributed by atoms with E-state index >= 15 is 0 Å². The molecule has 86 valence electrons. The molecule has 0 bridgehead atoms. The highest BCUT2D eigenvalue weighted by Gasteiger charge is 2.09. The number of hydrogen-bond donors (Lipinski definition) is 0. The van der Waals surface area contributed by atoms with Crippen LogP contribution < -0.4 is 0 Å². The van der Waals surface area contributed by atoms with E-state index in [4.69, 9.17) is 0 Å². The average Bonchev–Trinajstić information content (AvgIpc) is 2.39. The SMILES string of the molecule is CC(C)C(=O)c1ccc(-c2ccncc2)cc1. The highest BCUT2D eigenvalue weighted by Crippen LogP contribution is 2.19. The zero-order valence-electron chi connectivity index (χ0n) is 10.1. The van der Waals surface area contributed by atoms with Crippen molar-refractivity contribution in [3.63, 3.8) is 0 Å². The molecule has 0 radical (unpaired) electrons.